The molecule has 3 heteroatoms. The predicted octanol–water partition coefficient (Wildman–Crippen LogP) is 2.82. The number of benzene rings is 2. The highest BCUT2D eigenvalue weighted by atomic mass is 16.2. The SMILES string of the molecule is NCC1c2ccc3ccccc3c2CN1CCCCCO. The summed E-state index contributed by atoms with van der Waals surface area (Å²) in [5.41, 5.74) is 8.88. The topological polar surface area (TPSA) is 49.5 Å². The first-order valence-corrected chi connectivity index (χ1v) is 7.90. The van der Waals surface area contributed by atoms with E-state index in [9.17, 15) is 0 Å². The molecule has 1 aliphatic heterocycles. The molecule has 0 saturated heterocycles. The van der Waals surface area contributed by atoms with Crippen LogP contribution in [0.15, 0.2) is 36.4 Å². The number of nitrogens with zero attached hydrogens (tertiary/aromatic N) is 1. The van der Waals surface area contributed by atoms with Crippen LogP contribution in [0, 0.1) is 0 Å². The van der Waals surface area contributed by atoms with E-state index >= 15 is 0 Å². The summed E-state index contributed by atoms with van der Waals surface area (Å²) < 4.78 is 0. The molecule has 1 aliphatic rings. The van der Waals surface area contributed by atoms with Gasteiger partial charge in [-0.2, -0.15) is 0 Å². The molecule has 21 heavy (non-hydrogen) atoms. The van der Waals surface area contributed by atoms with Gasteiger partial charge in [-0.15, -0.1) is 0 Å². The molecule has 2 aromatic rings. The minimum Gasteiger partial charge on any atom is -0.396 e. The Morgan fingerprint density at radius 1 is 1.10 bits per heavy atom. The van der Waals surface area contributed by atoms with Gasteiger partial charge < -0.3 is 10.8 Å². The van der Waals surface area contributed by atoms with Crippen LogP contribution in [0.25, 0.3) is 10.8 Å². The van der Waals surface area contributed by atoms with Gasteiger partial charge in [-0.3, -0.25) is 4.90 Å². The molecule has 0 amide bonds. The van der Waals surface area contributed by atoms with E-state index in [1.54, 1.807) is 0 Å². The zero-order valence-electron chi connectivity index (χ0n) is 12.5. The van der Waals surface area contributed by atoms with Crippen molar-refractivity contribution in [2.45, 2.75) is 31.8 Å². The first kappa shape index (κ1) is 14.5. The Bertz CT molecular complexity index is 611. The molecule has 1 atom stereocenters. The molecular formula is C18H24N2O. The quantitative estimate of drug-likeness (QED) is 0.802. The largest absolute Gasteiger partial charge is 0.396 e. The average molecular weight is 284 g/mol. The van der Waals surface area contributed by atoms with Gasteiger partial charge in [-0.25, -0.2) is 0 Å². The molecular weight excluding hydrogens is 260 g/mol. The monoisotopic (exact) mass is 284 g/mol. The molecule has 0 saturated carbocycles. The molecule has 0 spiro atoms. The second-order valence-electron chi connectivity index (χ2n) is 5.86. The molecule has 0 radical (unpaired) electrons. The minimum absolute atomic E-state index is 0.297. The van der Waals surface area contributed by atoms with Crippen LogP contribution in [0.2, 0.25) is 0 Å². The van der Waals surface area contributed by atoms with Gasteiger partial charge in [0.25, 0.3) is 0 Å². The number of rotatable bonds is 6. The van der Waals surface area contributed by atoms with Crippen LogP contribution in [0.3, 0.4) is 0 Å². The van der Waals surface area contributed by atoms with E-state index in [0.717, 1.165) is 32.4 Å². The number of aliphatic hydroxyl groups excluding tert-OH is 1. The van der Waals surface area contributed by atoms with Crippen molar-refractivity contribution in [1.29, 1.82) is 0 Å². The summed E-state index contributed by atoms with van der Waals surface area (Å²) in [7, 11) is 0. The van der Waals surface area contributed by atoms with Crippen LogP contribution >= 0.6 is 0 Å². The third-order valence-corrected chi connectivity index (χ3v) is 4.56. The molecule has 1 unspecified atom stereocenters. The number of unbranched alkanes of at least 4 members (excludes halogenated alkanes) is 2. The Kier molecular flexibility index (Phi) is 4.54. The second kappa shape index (κ2) is 6.56. The lowest BCUT2D eigenvalue weighted by molar-refractivity contribution is 0.210. The maximum atomic E-state index is 8.88. The molecule has 112 valence electrons. The molecule has 0 aliphatic carbocycles. The Hall–Kier alpha value is -1.42. The number of fused-ring (bicyclic) bond motifs is 3. The van der Waals surface area contributed by atoms with Gasteiger partial charge in [0.15, 0.2) is 0 Å². The minimum atomic E-state index is 0.297. The molecule has 3 N–H and O–H groups in total. The van der Waals surface area contributed by atoms with Crippen molar-refractivity contribution in [3.05, 3.63) is 47.5 Å². The molecule has 3 rings (SSSR count). The van der Waals surface area contributed by atoms with Gasteiger partial charge in [-0.1, -0.05) is 36.4 Å². The third-order valence-electron chi connectivity index (χ3n) is 4.56. The van der Waals surface area contributed by atoms with Crippen molar-refractivity contribution in [1.82, 2.24) is 4.90 Å². The normalized spacial score (nSPS) is 18.3. The molecule has 0 bridgehead atoms. The number of nitrogens with two attached hydrogens (primary N) is 1. The van der Waals surface area contributed by atoms with Gasteiger partial charge in [0.1, 0.15) is 0 Å². The number of aliphatic hydroxyl groups is 1. The number of hydrogen-bond acceptors (Lipinski definition) is 3. The third kappa shape index (κ3) is 2.82. The van der Waals surface area contributed by atoms with Crippen LogP contribution in [0.1, 0.15) is 36.4 Å². The predicted molar refractivity (Wildman–Crippen MR) is 87.1 cm³/mol. The lowest BCUT2D eigenvalue weighted by Crippen LogP contribution is -2.28. The number of hydrogen-bond donors (Lipinski definition) is 2. The zero-order valence-corrected chi connectivity index (χ0v) is 12.5. The molecule has 0 aromatic heterocycles. The summed E-state index contributed by atoms with van der Waals surface area (Å²) in [6.45, 7) is 3.03. The summed E-state index contributed by atoms with van der Waals surface area (Å²) in [6, 6.07) is 13.4. The van der Waals surface area contributed by atoms with Crippen LogP contribution in [-0.2, 0) is 6.54 Å². The maximum Gasteiger partial charge on any atom is 0.0477 e. The summed E-state index contributed by atoms with van der Waals surface area (Å²) in [5.74, 6) is 0. The van der Waals surface area contributed by atoms with Crippen molar-refractivity contribution >= 4 is 10.8 Å². The van der Waals surface area contributed by atoms with Gasteiger partial charge in [0.2, 0.25) is 0 Å². The fourth-order valence-electron chi connectivity index (χ4n) is 3.47. The molecule has 0 fully saturated rings. The van der Waals surface area contributed by atoms with E-state index < -0.39 is 0 Å². The molecule has 2 aromatic carbocycles. The fraction of sp³-hybridized carbons (Fsp3) is 0.444. The van der Waals surface area contributed by atoms with Crippen molar-refractivity contribution < 1.29 is 5.11 Å². The van der Waals surface area contributed by atoms with Crippen molar-refractivity contribution in [3.8, 4) is 0 Å². The summed E-state index contributed by atoms with van der Waals surface area (Å²) >= 11 is 0. The lowest BCUT2D eigenvalue weighted by atomic mass is 9.98. The van der Waals surface area contributed by atoms with Crippen molar-refractivity contribution in [2.24, 2.45) is 5.73 Å². The van der Waals surface area contributed by atoms with Gasteiger partial charge in [0, 0.05) is 25.7 Å². The van der Waals surface area contributed by atoms with Crippen molar-refractivity contribution in [2.75, 3.05) is 19.7 Å². The molecule has 1 heterocycles. The van der Waals surface area contributed by atoms with Crippen LogP contribution in [0.5, 0.6) is 0 Å². The Labute approximate surface area is 126 Å². The lowest BCUT2D eigenvalue weighted by Gasteiger charge is -2.23. The fourth-order valence-corrected chi connectivity index (χ4v) is 3.47. The Morgan fingerprint density at radius 2 is 1.95 bits per heavy atom. The van der Waals surface area contributed by atoms with Crippen molar-refractivity contribution in [3.63, 3.8) is 0 Å². The average Bonchev–Trinajstić information content (AvgIpc) is 2.89. The van der Waals surface area contributed by atoms with Crippen LogP contribution in [-0.4, -0.2) is 29.7 Å². The summed E-state index contributed by atoms with van der Waals surface area (Å²) in [6.07, 6.45) is 3.11. The standard InChI is InChI=1S/C18H24N2O/c19-12-18-16-9-8-14-6-2-3-7-15(14)17(16)13-20(18)10-4-1-5-11-21/h2-3,6-9,18,21H,1,4-5,10-13,19H2. The van der Waals surface area contributed by atoms with Crippen LogP contribution < -0.4 is 5.73 Å². The zero-order chi connectivity index (χ0) is 14.7. The highest BCUT2D eigenvalue weighted by Crippen LogP contribution is 2.37. The van der Waals surface area contributed by atoms with E-state index in [2.05, 4.69) is 41.3 Å². The molecule has 3 nitrogen and oxygen atoms in total. The highest BCUT2D eigenvalue weighted by Gasteiger charge is 2.29. The first-order chi connectivity index (χ1) is 10.3. The first-order valence-electron chi connectivity index (χ1n) is 7.90. The summed E-state index contributed by atoms with van der Waals surface area (Å²) in [4.78, 5) is 2.49. The maximum absolute atomic E-state index is 8.88. The van der Waals surface area contributed by atoms with Gasteiger partial charge in [-0.05, 0) is 47.7 Å². The smallest absolute Gasteiger partial charge is 0.0477 e. The van der Waals surface area contributed by atoms with E-state index in [0.29, 0.717) is 19.2 Å². The second-order valence-corrected chi connectivity index (χ2v) is 5.86. The van der Waals surface area contributed by atoms with Crippen LogP contribution in [0.4, 0.5) is 0 Å². The van der Waals surface area contributed by atoms with Gasteiger partial charge >= 0.3 is 0 Å². The van der Waals surface area contributed by atoms with E-state index in [4.69, 9.17) is 10.8 Å². The Morgan fingerprint density at radius 3 is 2.76 bits per heavy atom. The van der Waals surface area contributed by atoms with E-state index in [-0.39, 0.29) is 0 Å². The summed E-state index contributed by atoms with van der Waals surface area (Å²) in [5, 5.41) is 11.6. The van der Waals surface area contributed by atoms with E-state index in [1.165, 1.54) is 21.9 Å². The Balaban J connectivity index is 1.83. The van der Waals surface area contributed by atoms with E-state index in [1.807, 2.05) is 0 Å². The van der Waals surface area contributed by atoms with Gasteiger partial charge in [0.05, 0.1) is 0 Å². The highest BCUT2D eigenvalue weighted by molar-refractivity contribution is 5.87.